The molecule has 2 aliphatic carbocycles. The van der Waals surface area contributed by atoms with E-state index in [2.05, 4.69) is 5.32 Å². The highest BCUT2D eigenvalue weighted by molar-refractivity contribution is 5.79. The van der Waals surface area contributed by atoms with E-state index in [0.29, 0.717) is 12.5 Å². The summed E-state index contributed by atoms with van der Waals surface area (Å²) in [5.74, 6) is 3.50. The largest absolute Gasteiger partial charge is 0.454 e. The lowest BCUT2D eigenvalue weighted by Crippen LogP contribution is -2.32. The number of nitrogens with one attached hydrogen (secondary N) is 1. The minimum atomic E-state index is 0.238. The van der Waals surface area contributed by atoms with Gasteiger partial charge < -0.3 is 14.8 Å². The molecule has 0 aromatic heterocycles. The molecule has 3 aliphatic rings. The van der Waals surface area contributed by atoms with E-state index < -0.39 is 0 Å². The number of fused-ring (bicyclic) bond motifs is 2. The van der Waals surface area contributed by atoms with Crippen molar-refractivity contribution in [1.82, 2.24) is 5.32 Å². The number of ether oxygens (including phenoxy) is 2. The van der Waals surface area contributed by atoms with Crippen LogP contribution in [0.1, 0.15) is 37.7 Å². The lowest BCUT2D eigenvalue weighted by molar-refractivity contribution is -0.126. The summed E-state index contributed by atoms with van der Waals surface area (Å²) in [4.78, 5) is 12.4. The van der Waals surface area contributed by atoms with E-state index in [0.717, 1.165) is 29.4 Å². The molecule has 0 spiro atoms. The zero-order valence-corrected chi connectivity index (χ0v) is 12.1. The number of hydrogen-bond acceptors (Lipinski definition) is 3. The van der Waals surface area contributed by atoms with Crippen molar-refractivity contribution in [2.24, 2.45) is 17.8 Å². The second-order valence-corrected chi connectivity index (χ2v) is 6.44. The van der Waals surface area contributed by atoms with Crippen LogP contribution in [-0.4, -0.2) is 12.7 Å². The first-order valence-corrected chi connectivity index (χ1v) is 7.97. The molecule has 4 rings (SSSR count). The Hall–Kier alpha value is -1.71. The van der Waals surface area contributed by atoms with Crippen molar-refractivity contribution in [1.29, 1.82) is 0 Å². The summed E-state index contributed by atoms with van der Waals surface area (Å²) in [6.45, 7) is 0.861. The van der Waals surface area contributed by atoms with Crippen LogP contribution < -0.4 is 14.8 Å². The van der Waals surface area contributed by atoms with Gasteiger partial charge in [0.25, 0.3) is 0 Å². The third-order valence-electron chi connectivity index (χ3n) is 5.32. The Morgan fingerprint density at radius 1 is 1.14 bits per heavy atom. The second-order valence-electron chi connectivity index (χ2n) is 6.44. The van der Waals surface area contributed by atoms with Gasteiger partial charge in [0.05, 0.1) is 0 Å². The maximum absolute atomic E-state index is 12.4. The number of amides is 1. The summed E-state index contributed by atoms with van der Waals surface area (Å²) in [6.07, 6.45) is 6.19. The van der Waals surface area contributed by atoms with Crippen molar-refractivity contribution < 1.29 is 14.3 Å². The van der Waals surface area contributed by atoms with Crippen molar-refractivity contribution >= 4 is 5.91 Å². The smallest absolute Gasteiger partial charge is 0.231 e. The first kappa shape index (κ1) is 13.0. The topological polar surface area (TPSA) is 47.6 Å². The lowest BCUT2D eigenvalue weighted by Gasteiger charge is -2.18. The van der Waals surface area contributed by atoms with E-state index in [4.69, 9.17) is 9.47 Å². The molecule has 1 N–H and O–H groups in total. The molecule has 0 saturated heterocycles. The zero-order valence-electron chi connectivity index (χ0n) is 12.1. The summed E-state index contributed by atoms with van der Waals surface area (Å²) in [5.41, 5.74) is 1.06. The van der Waals surface area contributed by atoms with Crippen LogP contribution in [0.2, 0.25) is 0 Å². The van der Waals surface area contributed by atoms with Crippen LogP contribution in [-0.2, 0) is 11.3 Å². The fourth-order valence-electron chi connectivity index (χ4n) is 4.26. The van der Waals surface area contributed by atoms with Crippen LogP contribution in [0.25, 0.3) is 0 Å². The van der Waals surface area contributed by atoms with Gasteiger partial charge in [0.1, 0.15) is 0 Å². The van der Waals surface area contributed by atoms with Gasteiger partial charge in [0.15, 0.2) is 11.5 Å². The average molecular weight is 287 g/mol. The van der Waals surface area contributed by atoms with Gasteiger partial charge in [-0.25, -0.2) is 0 Å². The molecule has 21 heavy (non-hydrogen) atoms. The highest BCUT2D eigenvalue weighted by atomic mass is 16.7. The molecule has 112 valence electrons. The first-order valence-electron chi connectivity index (χ1n) is 7.97. The van der Waals surface area contributed by atoms with Crippen LogP contribution in [0.5, 0.6) is 11.5 Å². The van der Waals surface area contributed by atoms with Gasteiger partial charge >= 0.3 is 0 Å². The number of carbonyl (C=O) groups excluding carboxylic acids is 1. The molecule has 2 saturated carbocycles. The van der Waals surface area contributed by atoms with Crippen molar-refractivity contribution in [2.75, 3.05) is 6.79 Å². The van der Waals surface area contributed by atoms with Gasteiger partial charge in [-0.15, -0.1) is 0 Å². The van der Waals surface area contributed by atoms with Crippen LogP contribution in [0.15, 0.2) is 18.2 Å². The molecule has 1 aromatic carbocycles. The van der Waals surface area contributed by atoms with Crippen LogP contribution >= 0.6 is 0 Å². The predicted molar refractivity (Wildman–Crippen MR) is 78.0 cm³/mol. The quantitative estimate of drug-likeness (QED) is 0.930. The molecule has 4 nitrogen and oxygen atoms in total. The van der Waals surface area contributed by atoms with Gasteiger partial charge in [-0.3, -0.25) is 4.79 Å². The molecule has 1 aliphatic heterocycles. The Kier molecular flexibility index (Phi) is 3.24. The maximum atomic E-state index is 12.4. The monoisotopic (exact) mass is 287 g/mol. The highest BCUT2D eigenvalue weighted by Gasteiger charge is 2.42. The fraction of sp³-hybridized carbons (Fsp3) is 0.588. The molecule has 2 fully saturated rings. The average Bonchev–Trinajstić information content (AvgIpc) is 3.19. The Labute approximate surface area is 124 Å². The lowest BCUT2D eigenvalue weighted by atomic mass is 9.91. The summed E-state index contributed by atoms with van der Waals surface area (Å²) >= 11 is 0. The molecular weight excluding hydrogens is 266 g/mol. The van der Waals surface area contributed by atoms with Crippen molar-refractivity contribution in [2.45, 2.75) is 38.6 Å². The Balaban J connectivity index is 1.37. The van der Waals surface area contributed by atoms with Gasteiger partial charge in [0.2, 0.25) is 12.7 Å². The number of carbonyl (C=O) groups is 1. The van der Waals surface area contributed by atoms with Gasteiger partial charge in [-0.05, 0) is 48.8 Å². The molecule has 4 heteroatoms. The summed E-state index contributed by atoms with van der Waals surface area (Å²) in [7, 11) is 0. The third kappa shape index (κ3) is 2.37. The SMILES string of the molecule is O=C(NCc1ccc2c(c1)OCO2)[C@H]1CC[C@@H]2CCC[C@@H]21. The summed E-state index contributed by atoms with van der Waals surface area (Å²) < 4.78 is 10.7. The number of rotatable bonds is 3. The van der Waals surface area contributed by atoms with Crippen molar-refractivity contribution in [3.05, 3.63) is 23.8 Å². The Morgan fingerprint density at radius 2 is 2.05 bits per heavy atom. The van der Waals surface area contributed by atoms with E-state index in [1.807, 2.05) is 18.2 Å². The molecule has 0 radical (unpaired) electrons. The summed E-state index contributed by atoms with van der Waals surface area (Å²) in [6, 6.07) is 5.85. The standard InChI is InChI=1S/C17H21NO3/c19-17(14-6-5-12-2-1-3-13(12)14)18-9-11-4-7-15-16(8-11)21-10-20-15/h4,7-8,12-14H,1-3,5-6,9-10H2,(H,18,19)/t12-,13-,14-/m0/s1. The normalized spacial score (nSPS) is 29.4. The van der Waals surface area contributed by atoms with E-state index in [1.165, 1.54) is 25.7 Å². The minimum absolute atomic E-state index is 0.238. The van der Waals surface area contributed by atoms with E-state index >= 15 is 0 Å². The zero-order chi connectivity index (χ0) is 14.2. The third-order valence-corrected chi connectivity index (χ3v) is 5.32. The second kappa shape index (κ2) is 5.24. The molecule has 0 bridgehead atoms. The van der Waals surface area contributed by atoms with Gasteiger partial charge in [-0.1, -0.05) is 18.9 Å². The Bertz CT molecular complexity index is 557. The number of benzene rings is 1. The minimum Gasteiger partial charge on any atom is -0.454 e. The number of hydrogen-bond donors (Lipinski definition) is 1. The van der Waals surface area contributed by atoms with Gasteiger partial charge in [0, 0.05) is 12.5 Å². The molecule has 0 unspecified atom stereocenters. The fourth-order valence-corrected chi connectivity index (χ4v) is 4.26. The van der Waals surface area contributed by atoms with Crippen molar-refractivity contribution in [3.8, 4) is 11.5 Å². The maximum Gasteiger partial charge on any atom is 0.231 e. The van der Waals surface area contributed by atoms with E-state index in [1.54, 1.807) is 0 Å². The van der Waals surface area contributed by atoms with Crippen molar-refractivity contribution in [3.63, 3.8) is 0 Å². The van der Waals surface area contributed by atoms with Crippen LogP contribution in [0.3, 0.4) is 0 Å². The molecular formula is C17H21NO3. The van der Waals surface area contributed by atoms with E-state index in [9.17, 15) is 4.79 Å². The van der Waals surface area contributed by atoms with Crippen LogP contribution in [0.4, 0.5) is 0 Å². The Morgan fingerprint density at radius 3 is 3.00 bits per heavy atom. The molecule has 1 amide bonds. The molecule has 1 aromatic rings. The first-order chi connectivity index (χ1) is 10.3. The highest BCUT2D eigenvalue weighted by Crippen LogP contribution is 2.47. The van der Waals surface area contributed by atoms with Gasteiger partial charge in [-0.2, -0.15) is 0 Å². The predicted octanol–water partition coefficient (Wildman–Crippen LogP) is 2.86. The summed E-state index contributed by atoms with van der Waals surface area (Å²) in [5, 5.41) is 3.11. The van der Waals surface area contributed by atoms with Crippen LogP contribution in [0, 0.1) is 17.8 Å². The molecule has 1 heterocycles. The molecule has 3 atom stereocenters. The van der Waals surface area contributed by atoms with E-state index in [-0.39, 0.29) is 18.6 Å².